The molecule has 4 nitrogen and oxygen atoms in total. The van der Waals surface area contributed by atoms with Crippen molar-refractivity contribution in [1.29, 1.82) is 5.26 Å². The molecule has 15 heavy (non-hydrogen) atoms. The van der Waals surface area contributed by atoms with Gasteiger partial charge in [0.25, 0.3) is 0 Å². The van der Waals surface area contributed by atoms with Crippen LogP contribution in [0.3, 0.4) is 0 Å². The SMILES string of the molecule is CC(=O)c1c(N)c(C#N)c2ccccn12. The fourth-order valence-electron chi connectivity index (χ4n) is 1.70. The van der Waals surface area contributed by atoms with Gasteiger partial charge in [-0.1, -0.05) is 6.07 Å². The minimum absolute atomic E-state index is 0.143. The Labute approximate surface area is 86.5 Å². The standard InChI is InChI=1S/C11H9N3O/c1-7(15)11-10(13)8(6-12)9-4-2-3-5-14(9)11/h2-5H,13H2,1H3. The Bertz CT molecular complexity index is 590. The number of fused-ring (bicyclic) bond motifs is 1. The molecule has 0 aliphatic rings. The van der Waals surface area contributed by atoms with E-state index in [2.05, 4.69) is 0 Å². The molecular formula is C11H9N3O. The summed E-state index contributed by atoms with van der Waals surface area (Å²) in [6, 6.07) is 7.38. The summed E-state index contributed by atoms with van der Waals surface area (Å²) in [6.45, 7) is 1.44. The van der Waals surface area contributed by atoms with Crippen molar-refractivity contribution in [3.63, 3.8) is 0 Å². The predicted molar refractivity (Wildman–Crippen MR) is 56.5 cm³/mol. The van der Waals surface area contributed by atoms with Crippen LogP contribution in [0.1, 0.15) is 23.0 Å². The minimum Gasteiger partial charge on any atom is -0.396 e. The van der Waals surface area contributed by atoms with Gasteiger partial charge in [0.1, 0.15) is 17.3 Å². The van der Waals surface area contributed by atoms with Gasteiger partial charge in [-0.15, -0.1) is 0 Å². The number of Topliss-reactive ketones (excluding diaryl/α,β-unsaturated/α-hetero) is 1. The topological polar surface area (TPSA) is 71.3 Å². The highest BCUT2D eigenvalue weighted by Crippen LogP contribution is 2.25. The van der Waals surface area contributed by atoms with Gasteiger partial charge in [-0.2, -0.15) is 5.26 Å². The maximum absolute atomic E-state index is 11.4. The van der Waals surface area contributed by atoms with Gasteiger partial charge in [0.05, 0.1) is 11.2 Å². The quantitative estimate of drug-likeness (QED) is 0.709. The van der Waals surface area contributed by atoms with E-state index < -0.39 is 0 Å². The number of ketones is 1. The molecule has 0 spiro atoms. The fraction of sp³-hybridized carbons (Fsp3) is 0.0909. The van der Waals surface area contributed by atoms with Crippen LogP contribution in [0.4, 0.5) is 5.69 Å². The Balaban J connectivity index is 2.99. The van der Waals surface area contributed by atoms with Crippen LogP contribution in [0.5, 0.6) is 0 Å². The molecule has 2 N–H and O–H groups in total. The molecule has 2 heterocycles. The summed E-state index contributed by atoms with van der Waals surface area (Å²) in [5.41, 5.74) is 7.43. The van der Waals surface area contributed by atoms with Gasteiger partial charge < -0.3 is 10.1 Å². The summed E-state index contributed by atoms with van der Waals surface area (Å²) >= 11 is 0. The van der Waals surface area contributed by atoms with Gasteiger partial charge in [-0.25, -0.2) is 0 Å². The zero-order chi connectivity index (χ0) is 11.0. The van der Waals surface area contributed by atoms with E-state index in [0.29, 0.717) is 16.8 Å². The van der Waals surface area contributed by atoms with Gasteiger partial charge in [0.15, 0.2) is 5.78 Å². The molecule has 0 bridgehead atoms. The number of carbonyl (C=O) groups is 1. The number of aromatic nitrogens is 1. The number of hydrogen-bond donors (Lipinski definition) is 1. The van der Waals surface area contributed by atoms with Gasteiger partial charge in [0.2, 0.25) is 0 Å². The van der Waals surface area contributed by atoms with Crippen LogP contribution in [0.25, 0.3) is 5.52 Å². The first-order chi connectivity index (χ1) is 7.16. The first-order valence-corrected chi connectivity index (χ1v) is 4.46. The smallest absolute Gasteiger partial charge is 0.178 e. The van der Waals surface area contributed by atoms with Crippen LogP contribution in [0, 0.1) is 11.3 Å². The molecule has 2 aromatic heterocycles. The lowest BCUT2D eigenvalue weighted by molar-refractivity contribution is 0.101. The molecule has 2 rings (SSSR count). The molecule has 0 atom stereocenters. The third kappa shape index (κ3) is 1.17. The number of carbonyl (C=O) groups excluding carboxylic acids is 1. The van der Waals surface area contributed by atoms with Crippen LogP contribution >= 0.6 is 0 Å². The molecule has 0 aliphatic heterocycles. The van der Waals surface area contributed by atoms with Crippen molar-refractivity contribution in [2.45, 2.75) is 6.92 Å². The first-order valence-electron chi connectivity index (χ1n) is 4.46. The highest BCUT2D eigenvalue weighted by molar-refractivity contribution is 6.01. The first kappa shape index (κ1) is 9.28. The number of rotatable bonds is 1. The second kappa shape index (κ2) is 3.14. The number of anilines is 1. The van der Waals surface area contributed by atoms with Crippen molar-refractivity contribution in [1.82, 2.24) is 4.40 Å². The number of pyridine rings is 1. The molecule has 2 aromatic rings. The largest absolute Gasteiger partial charge is 0.396 e. The van der Waals surface area contributed by atoms with E-state index >= 15 is 0 Å². The van der Waals surface area contributed by atoms with Crippen molar-refractivity contribution >= 4 is 17.0 Å². The Kier molecular flexibility index (Phi) is 1.94. The van der Waals surface area contributed by atoms with Crippen molar-refractivity contribution in [3.05, 3.63) is 35.7 Å². The summed E-state index contributed by atoms with van der Waals surface area (Å²) in [4.78, 5) is 11.4. The normalized spacial score (nSPS) is 10.1. The van der Waals surface area contributed by atoms with Gasteiger partial charge in [-0.05, 0) is 12.1 Å². The van der Waals surface area contributed by atoms with Crippen LogP contribution in [-0.2, 0) is 0 Å². The third-order valence-corrected chi connectivity index (χ3v) is 2.33. The number of nitriles is 1. The van der Waals surface area contributed by atoms with E-state index in [0.717, 1.165) is 0 Å². The van der Waals surface area contributed by atoms with E-state index in [4.69, 9.17) is 11.0 Å². The molecule has 0 aliphatic carbocycles. The number of hydrogen-bond acceptors (Lipinski definition) is 3. The van der Waals surface area contributed by atoms with Crippen LogP contribution in [0.2, 0.25) is 0 Å². The molecule has 0 saturated carbocycles. The van der Waals surface area contributed by atoms with Crippen molar-refractivity contribution in [2.24, 2.45) is 0 Å². The van der Waals surface area contributed by atoms with E-state index in [9.17, 15) is 4.79 Å². The lowest BCUT2D eigenvalue weighted by atomic mass is 10.2. The lowest BCUT2D eigenvalue weighted by Gasteiger charge is -1.97. The van der Waals surface area contributed by atoms with E-state index in [1.165, 1.54) is 6.92 Å². The zero-order valence-corrected chi connectivity index (χ0v) is 8.19. The van der Waals surface area contributed by atoms with Gasteiger partial charge >= 0.3 is 0 Å². The maximum atomic E-state index is 11.4. The fourth-order valence-corrected chi connectivity index (χ4v) is 1.70. The van der Waals surface area contributed by atoms with Crippen LogP contribution < -0.4 is 5.73 Å². The second-order valence-electron chi connectivity index (χ2n) is 3.26. The van der Waals surface area contributed by atoms with E-state index in [1.54, 1.807) is 28.8 Å². The van der Waals surface area contributed by atoms with Crippen molar-refractivity contribution in [2.75, 3.05) is 5.73 Å². The summed E-state index contributed by atoms with van der Waals surface area (Å²) in [5, 5.41) is 8.96. The molecule has 0 amide bonds. The molecule has 0 unspecified atom stereocenters. The average Bonchev–Trinajstić information content (AvgIpc) is 2.49. The highest BCUT2D eigenvalue weighted by Gasteiger charge is 2.17. The molecule has 4 heteroatoms. The van der Waals surface area contributed by atoms with Crippen molar-refractivity contribution < 1.29 is 4.79 Å². The summed E-state index contributed by atoms with van der Waals surface area (Å²) < 4.78 is 1.65. The predicted octanol–water partition coefficient (Wildman–Crippen LogP) is 1.60. The Morgan fingerprint density at radius 1 is 1.53 bits per heavy atom. The summed E-state index contributed by atoms with van der Waals surface area (Å²) in [7, 11) is 0. The summed E-state index contributed by atoms with van der Waals surface area (Å²) in [6.07, 6.45) is 1.73. The Morgan fingerprint density at radius 3 is 2.87 bits per heavy atom. The molecular weight excluding hydrogens is 190 g/mol. The van der Waals surface area contributed by atoms with E-state index in [-0.39, 0.29) is 11.5 Å². The highest BCUT2D eigenvalue weighted by atomic mass is 16.1. The minimum atomic E-state index is -0.143. The third-order valence-electron chi connectivity index (χ3n) is 2.33. The number of nitrogens with zero attached hydrogens (tertiary/aromatic N) is 2. The van der Waals surface area contributed by atoms with E-state index in [1.807, 2.05) is 6.07 Å². The second-order valence-corrected chi connectivity index (χ2v) is 3.26. The zero-order valence-electron chi connectivity index (χ0n) is 8.19. The van der Waals surface area contributed by atoms with Crippen LogP contribution in [0.15, 0.2) is 24.4 Å². The molecule has 0 radical (unpaired) electrons. The Morgan fingerprint density at radius 2 is 2.27 bits per heavy atom. The molecule has 0 aromatic carbocycles. The number of nitrogen functional groups attached to an aromatic ring is 1. The maximum Gasteiger partial charge on any atom is 0.178 e. The van der Waals surface area contributed by atoms with Gasteiger partial charge in [-0.3, -0.25) is 4.79 Å². The summed E-state index contributed by atoms with van der Waals surface area (Å²) in [5.74, 6) is -0.143. The average molecular weight is 199 g/mol. The molecule has 0 saturated heterocycles. The van der Waals surface area contributed by atoms with Crippen LogP contribution in [-0.4, -0.2) is 10.2 Å². The van der Waals surface area contributed by atoms with Crippen molar-refractivity contribution in [3.8, 4) is 6.07 Å². The Hall–Kier alpha value is -2.28. The lowest BCUT2D eigenvalue weighted by Crippen LogP contribution is -2.01. The van der Waals surface area contributed by atoms with Gasteiger partial charge in [0, 0.05) is 13.1 Å². The number of nitrogens with two attached hydrogens (primary N) is 1. The monoisotopic (exact) mass is 199 g/mol. The molecule has 0 fully saturated rings. The molecule has 74 valence electrons.